The van der Waals surface area contributed by atoms with E-state index >= 15 is 0 Å². The summed E-state index contributed by atoms with van der Waals surface area (Å²) in [5, 5.41) is 12.6. The summed E-state index contributed by atoms with van der Waals surface area (Å²) in [7, 11) is 0. The summed E-state index contributed by atoms with van der Waals surface area (Å²) in [6.45, 7) is 6.84. The van der Waals surface area contributed by atoms with Crippen molar-refractivity contribution in [2.45, 2.75) is 33.7 Å². The smallest absolute Gasteiger partial charge is 0.175 e. The van der Waals surface area contributed by atoms with Gasteiger partial charge < -0.3 is 10.6 Å². The lowest BCUT2D eigenvalue weighted by molar-refractivity contribution is 0.659. The third kappa shape index (κ3) is 4.67. The first-order chi connectivity index (χ1) is 13.0. The third-order valence-electron chi connectivity index (χ3n) is 4.51. The zero-order valence-corrected chi connectivity index (χ0v) is 17.3. The number of aromatic nitrogens is 2. The van der Waals surface area contributed by atoms with Crippen molar-refractivity contribution in [1.29, 1.82) is 0 Å². The average Bonchev–Trinajstić information content (AvgIpc) is 2.91. The lowest BCUT2D eigenvalue weighted by Crippen LogP contribution is -2.20. The minimum atomic E-state index is 0.563. The lowest BCUT2D eigenvalue weighted by atomic mass is 10.1. The molecule has 27 heavy (non-hydrogen) atoms. The summed E-state index contributed by atoms with van der Waals surface area (Å²) in [6.07, 6.45) is 0.947. The number of thiocarbonyl (C=S) groups is 1. The van der Waals surface area contributed by atoms with Gasteiger partial charge in [-0.2, -0.15) is 5.10 Å². The topological polar surface area (TPSA) is 41.9 Å². The van der Waals surface area contributed by atoms with Crippen LogP contribution >= 0.6 is 23.8 Å². The van der Waals surface area contributed by atoms with Gasteiger partial charge in [0.05, 0.1) is 23.6 Å². The van der Waals surface area contributed by atoms with Crippen LogP contribution in [-0.2, 0) is 13.0 Å². The van der Waals surface area contributed by atoms with Crippen LogP contribution < -0.4 is 10.6 Å². The Hall–Kier alpha value is -2.37. The molecule has 0 aliphatic rings. The first-order valence-corrected chi connectivity index (χ1v) is 9.71. The number of rotatable bonds is 5. The molecule has 3 aromatic rings. The van der Waals surface area contributed by atoms with Crippen LogP contribution in [-0.4, -0.2) is 14.9 Å². The number of benzene rings is 2. The fourth-order valence-electron chi connectivity index (χ4n) is 3.01. The normalized spacial score (nSPS) is 10.7. The molecule has 0 aliphatic heterocycles. The van der Waals surface area contributed by atoms with Crippen molar-refractivity contribution in [3.05, 3.63) is 76.1 Å². The zero-order valence-electron chi connectivity index (χ0n) is 15.7. The van der Waals surface area contributed by atoms with Gasteiger partial charge in [0, 0.05) is 10.7 Å². The van der Waals surface area contributed by atoms with Gasteiger partial charge in [-0.05, 0) is 61.8 Å². The third-order valence-corrected chi connectivity index (χ3v) is 4.97. The molecule has 0 aliphatic carbocycles. The van der Waals surface area contributed by atoms with Crippen LogP contribution in [0.1, 0.15) is 29.4 Å². The van der Waals surface area contributed by atoms with Crippen LogP contribution in [0.2, 0.25) is 5.02 Å². The maximum absolute atomic E-state index is 5.97. The molecule has 1 heterocycles. The minimum Gasteiger partial charge on any atom is -0.332 e. The summed E-state index contributed by atoms with van der Waals surface area (Å²) < 4.78 is 1.98. The van der Waals surface area contributed by atoms with Crippen molar-refractivity contribution >= 4 is 40.3 Å². The Labute approximate surface area is 170 Å². The van der Waals surface area contributed by atoms with E-state index in [4.69, 9.17) is 23.8 Å². The van der Waals surface area contributed by atoms with Crippen molar-refractivity contribution < 1.29 is 0 Å². The Morgan fingerprint density at radius 1 is 1.07 bits per heavy atom. The monoisotopic (exact) mass is 398 g/mol. The van der Waals surface area contributed by atoms with Gasteiger partial charge in [-0.25, -0.2) is 0 Å². The molecule has 0 saturated heterocycles. The number of halogens is 1. The molecule has 6 heteroatoms. The predicted molar refractivity (Wildman–Crippen MR) is 118 cm³/mol. The van der Waals surface area contributed by atoms with Gasteiger partial charge in [-0.1, -0.05) is 48.9 Å². The molecule has 4 nitrogen and oxygen atoms in total. The molecule has 140 valence electrons. The lowest BCUT2D eigenvalue weighted by Gasteiger charge is -2.14. The van der Waals surface area contributed by atoms with Crippen molar-refractivity contribution in [2.24, 2.45) is 0 Å². The van der Waals surface area contributed by atoms with E-state index < -0.39 is 0 Å². The van der Waals surface area contributed by atoms with Crippen LogP contribution in [0.3, 0.4) is 0 Å². The highest BCUT2D eigenvalue weighted by Gasteiger charge is 2.13. The van der Waals surface area contributed by atoms with Crippen molar-refractivity contribution in [1.82, 2.24) is 9.78 Å². The highest BCUT2D eigenvalue weighted by atomic mass is 35.5. The maximum atomic E-state index is 5.97. The molecular weight excluding hydrogens is 376 g/mol. The zero-order chi connectivity index (χ0) is 19.4. The molecule has 2 aromatic carbocycles. The van der Waals surface area contributed by atoms with Crippen molar-refractivity contribution in [3.63, 3.8) is 0 Å². The van der Waals surface area contributed by atoms with E-state index in [0.29, 0.717) is 11.7 Å². The van der Waals surface area contributed by atoms with Gasteiger partial charge >= 0.3 is 0 Å². The van der Waals surface area contributed by atoms with Gasteiger partial charge in [0.2, 0.25) is 0 Å². The first kappa shape index (κ1) is 19.4. The second-order valence-corrected chi connectivity index (χ2v) is 7.26. The van der Waals surface area contributed by atoms with Gasteiger partial charge in [0.15, 0.2) is 5.11 Å². The number of hydrogen-bond acceptors (Lipinski definition) is 2. The summed E-state index contributed by atoms with van der Waals surface area (Å²) in [5.74, 6) is 0. The van der Waals surface area contributed by atoms with Crippen LogP contribution in [0.5, 0.6) is 0 Å². The van der Waals surface area contributed by atoms with E-state index in [1.54, 1.807) is 0 Å². The summed E-state index contributed by atoms with van der Waals surface area (Å²) in [4.78, 5) is 0. The molecule has 0 fully saturated rings. The Bertz CT molecular complexity index is 947. The molecule has 0 amide bonds. The summed E-state index contributed by atoms with van der Waals surface area (Å²) in [5.41, 5.74) is 6.30. The molecule has 3 rings (SSSR count). The Morgan fingerprint density at radius 2 is 1.78 bits per heavy atom. The molecule has 0 bridgehead atoms. The maximum Gasteiger partial charge on any atom is 0.175 e. The van der Waals surface area contributed by atoms with Crippen molar-refractivity contribution in [3.8, 4) is 0 Å². The standard InChI is InChI=1S/C21H23ClN4S/c1-4-17-7-5-6-8-19(17)23-21(27)24-20-14(2)25-26(15(20)3)13-16-9-11-18(22)12-10-16/h5-12H,4,13H2,1-3H3,(H2,23,24,27). The van der Waals surface area contributed by atoms with Gasteiger partial charge in [0.1, 0.15) is 0 Å². The Kier molecular flexibility index (Phi) is 6.14. The van der Waals surface area contributed by atoms with E-state index in [1.165, 1.54) is 5.56 Å². The van der Waals surface area contributed by atoms with Crippen LogP contribution in [0.4, 0.5) is 11.4 Å². The summed E-state index contributed by atoms with van der Waals surface area (Å²) >= 11 is 11.5. The molecular formula is C21H23ClN4S. The fraction of sp³-hybridized carbons (Fsp3) is 0.238. The molecule has 0 radical (unpaired) electrons. The van der Waals surface area contributed by atoms with Gasteiger partial charge in [0.25, 0.3) is 0 Å². The second kappa shape index (κ2) is 8.55. The van der Waals surface area contributed by atoms with E-state index in [2.05, 4.69) is 28.7 Å². The second-order valence-electron chi connectivity index (χ2n) is 6.42. The number of nitrogens with zero attached hydrogens (tertiary/aromatic N) is 2. The SMILES string of the molecule is CCc1ccccc1NC(=S)Nc1c(C)nn(Cc2ccc(Cl)cc2)c1C. The largest absolute Gasteiger partial charge is 0.332 e. The van der Waals surface area contributed by atoms with Crippen LogP contribution in [0, 0.1) is 13.8 Å². The van der Waals surface area contributed by atoms with E-state index in [9.17, 15) is 0 Å². The number of hydrogen-bond donors (Lipinski definition) is 2. The first-order valence-electron chi connectivity index (χ1n) is 8.92. The van der Waals surface area contributed by atoms with Crippen LogP contribution in [0.15, 0.2) is 48.5 Å². The fourth-order valence-corrected chi connectivity index (χ4v) is 3.35. The number of anilines is 2. The molecule has 0 atom stereocenters. The van der Waals surface area contributed by atoms with E-state index in [0.717, 1.165) is 39.8 Å². The quantitative estimate of drug-likeness (QED) is 0.551. The molecule has 0 spiro atoms. The average molecular weight is 399 g/mol. The molecule has 0 saturated carbocycles. The number of aryl methyl sites for hydroxylation is 2. The van der Waals surface area contributed by atoms with E-state index in [1.807, 2.05) is 61.0 Å². The highest BCUT2D eigenvalue weighted by molar-refractivity contribution is 7.80. The van der Waals surface area contributed by atoms with E-state index in [-0.39, 0.29) is 0 Å². The van der Waals surface area contributed by atoms with Crippen molar-refractivity contribution in [2.75, 3.05) is 10.6 Å². The van der Waals surface area contributed by atoms with Gasteiger partial charge in [-0.15, -0.1) is 0 Å². The minimum absolute atomic E-state index is 0.563. The Morgan fingerprint density at radius 3 is 2.48 bits per heavy atom. The summed E-state index contributed by atoms with van der Waals surface area (Å²) in [6, 6.07) is 16.0. The highest BCUT2D eigenvalue weighted by Crippen LogP contribution is 2.22. The van der Waals surface area contributed by atoms with Crippen LogP contribution in [0.25, 0.3) is 0 Å². The molecule has 2 N–H and O–H groups in total. The predicted octanol–water partition coefficient (Wildman–Crippen LogP) is 5.57. The Balaban J connectivity index is 1.74. The van der Waals surface area contributed by atoms with Gasteiger partial charge in [-0.3, -0.25) is 4.68 Å². The number of nitrogens with one attached hydrogen (secondary N) is 2. The molecule has 1 aromatic heterocycles. The molecule has 0 unspecified atom stereocenters. The number of para-hydroxylation sites is 1.